The molecule has 0 aliphatic heterocycles. The first kappa shape index (κ1) is 19.1. The molecular weight excluding hydrogens is 376 g/mol. The normalized spacial score (nSPS) is 10.3. The second-order valence-corrected chi connectivity index (χ2v) is 6.59. The monoisotopic (exact) mass is 396 g/mol. The van der Waals surface area contributed by atoms with Crippen LogP contribution >= 0.6 is 0 Å². The van der Waals surface area contributed by atoms with Gasteiger partial charge in [0.15, 0.2) is 0 Å². The number of carbonyl (C=O) groups is 1. The highest BCUT2D eigenvalue weighted by atomic mass is 16.5. The maximum Gasteiger partial charge on any atom is 0.255 e. The summed E-state index contributed by atoms with van der Waals surface area (Å²) in [5.74, 6) is 2.61. The molecule has 148 valence electrons. The lowest BCUT2D eigenvalue weighted by Gasteiger charge is -2.10. The fraction of sp³-hybridized carbons (Fsp3) is 0. The fourth-order valence-electron chi connectivity index (χ4n) is 2.78. The Bertz CT molecular complexity index is 1110. The van der Waals surface area contributed by atoms with E-state index in [-0.39, 0.29) is 5.91 Å². The molecule has 0 radical (unpaired) electrons. The number of ether oxygens (including phenoxy) is 2. The maximum atomic E-state index is 12.2. The zero-order valence-electron chi connectivity index (χ0n) is 16.1. The van der Waals surface area contributed by atoms with Crippen molar-refractivity contribution in [3.8, 4) is 23.0 Å². The Morgan fingerprint density at radius 3 is 1.53 bits per heavy atom. The molecule has 0 unspecified atom stereocenters. The van der Waals surface area contributed by atoms with E-state index >= 15 is 0 Å². The molecule has 0 heterocycles. The van der Waals surface area contributed by atoms with Crippen molar-refractivity contribution < 1.29 is 14.3 Å². The van der Waals surface area contributed by atoms with E-state index in [9.17, 15) is 4.79 Å². The van der Waals surface area contributed by atoms with Crippen LogP contribution in [0.25, 0.3) is 0 Å². The minimum absolute atomic E-state index is 0.152. The van der Waals surface area contributed by atoms with Crippen molar-refractivity contribution in [3.05, 3.63) is 109 Å². The first-order chi connectivity index (χ1) is 14.7. The van der Waals surface area contributed by atoms with Gasteiger partial charge in [-0.05, 0) is 84.9 Å². The summed E-state index contributed by atoms with van der Waals surface area (Å²) in [6.45, 7) is 0. The quantitative estimate of drug-likeness (QED) is 0.386. The van der Waals surface area contributed by atoms with Crippen LogP contribution in [0.15, 0.2) is 103 Å². The first-order valence-corrected chi connectivity index (χ1v) is 9.43. The Morgan fingerprint density at radius 2 is 1.03 bits per heavy atom. The molecule has 0 bridgehead atoms. The van der Waals surface area contributed by atoms with E-state index in [1.54, 1.807) is 48.5 Å². The standard InChI is InChI=1S/C25H20N2O3/c26-19-6-10-21(11-7-19)29-23-14-16-24(17-15-23)30-22-12-8-20(9-13-22)27-25(28)18-4-2-1-3-5-18/h1-17H,26H2,(H,27,28). The molecule has 1 amide bonds. The summed E-state index contributed by atoms with van der Waals surface area (Å²) < 4.78 is 11.6. The molecule has 5 heteroatoms. The summed E-state index contributed by atoms with van der Waals surface area (Å²) >= 11 is 0. The molecule has 4 aromatic rings. The van der Waals surface area contributed by atoms with Crippen LogP contribution in [0.5, 0.6) is 23.0 Å². The molecule has 0 aliphatic carbocycles. The van der Waals surface area contributed by atoms with Gasteiger partial charge in [-0.1, -0.05) is 18.2 Å². The van der Waals surface area contributed by atoms with Crippen LogP contribution in [0, 0.1) is 0 Å². The predicted molar refractivity (Wildman–Crippen MR) is 118 cm³/mol. The van der Waals surface area contributed by atoms with Crippen molar-refractivity contribution in [2.24, 2.45) is 0 Å². The maximum absolute atomic E-state index is 12.2. The van der Waals surface area contributed by atoms with Gasteiger partial charge in [0, 0.05) is 16.9 Å². The summed E-state index contributed by atoms with van der Waals surface area (Å²) in [4.78, 5) is 12.2. The highest BCUT2D eigenvalue weighted by Gasteiger charge is 2.06. The highest BCUT2D eigenvalue weighted by Crippen LogP contribution is 2.27. The second kappa shape index (κ2) is 8.84. The van der Waals surface area contributed by atoms with E-state index in [1.165, 1.54) is 0 Å². The van der Waals surface area contributed by atoms with Crippen molar-refractivity contribution in [1.29, 1.82) is 0 Å². The van der Waals surface area contributed by atoms with Crippen molar-refractivity contribution in [2.75, 3.05) is 11.1 Å². The van der Waals surface area contributed by atoms with Crippen molar-refractivity contribution in [2.45, 2.75) is 0 Å². The van der Waals surface area contributed by atoms with Crippen molar-refractivity contribution >= 4 is 17.3 Å². The number of hydrogen-bond acceptors (Lipinski definition) is 4. The third-order valence-electron chi connectivity index (χ3n) is 4.32. The van der Waals surface area contributed by atoms with Crippen LogP contribution < -0.4 is 20.5 Å². The minimum atomic E-state index is -0.152. The molecule has 0 saturated heterocycles. The number of carbonyl (C=O) groups excluding carboxylic acids is 1. The Labute approximate surface area is 174 Å². The molecule has 0 atom stereocenters. The van der Waals surface area contributed by atoms with E-state index < -0.39 is 0 Å². The van der Waals surface area contributed by atoms with Gasteiger partial charge in [0.2, 0.25) is 0 Å². The molecule has 4 aromatic carbocycles. The van der Waals surface area contributed by atoms with E-state index in [2.05, 4.69) is 5.32 Å². The Hall–Kier alpha value is -4.25. The zero-order valence-corrected chi connectivity index (χ0v) is 16.1. The summed E-state index contributed by atoms with van der Waals surface area (Å²) in [5, 5.41) is 2.86. The van der Waals surface area contributed by atoms with Gasteiger partial charge in [-0.3, -0.25) is 4.79 Å². The van der Waals surface area contributed by atoms with Gasteiger partial charge in [-0.15, -0.1) is 0 Å². The van der Waals surface area contributed by atoms with Gasteiger partial charge in [0.25, 0.3) is 5.91 Å². The Kier molecular flexibility index (Phi) is 5.62. The lowest BCUT2D eigenvalue weighted by molar-refractivity contribution is 0.102. The highest BCUT2D eigenvalue weighted by molar-refractivity contribution is 6.04. The Balaban J connectivity index is 1.35. The predicted octanol–water partition coefficient (Wildman–Crippen LogP) is 6.11. The summed E-state index contributed by atoms with van der Waals surface area (Å²) in [6.07, 6.45) is 0. The molecule has 30 heavy (non-hydrogen) atoms. The van der Waals surface area contributed by atoms with Crippen LogP contribution in [0.2, 0.25) is 0 Å². The third-order valence-corrected chi connectivity index (χ3v) is 4.32. The SMILES string of the molecule is Nc1ccc(Oc2ccc(Oc3ccc(NC(=O)c4ccccc4)cc3)cc2)cc1. The van der Waals surface area contributed by atoms with E-state index in [1.807, 2.05) is 54.6 Å². The molecule has 4 rings (SSSR count). The number of nitrogens with two attached hydrogens (primary N) is 1. The lowest BCUT2D eigenvalue weighted by atomic mass is 10.2. The van der Waals surface area contributed by atoms with E-state index in [0.29, 0.717) is 39.9 Å². The number of benzene rings is 4. The van der Waals surface area contributed by atoms with Crippen molar-refractivity contribution in [3.63, 3.8) is 0 Å². The largest absolute Gasteiger partial charge is 0.457 e. The van der Waals surface area contributed by atoms with Crippen molar-refractivity contribution in [1.82, 2.24) is 0 Å². The smallest absolute Gasteiger partial charge is 0.255 e. The van der Waals surface area contributed by atoms with Gasteiger partial charge < -0.3 is 20.5 Å². The van der Waals surface area contributed by atoms with Gasteiger partial charge in [0.05, 0.1) is 0 Å². The van der Waals surface area contributed by atoms with E-state index in [4.69, 9.17) is 15.2 Å². The topological polar surface area (TPSA) is 73.6 Å². The molecular formula is C25H20N2O3. The van der Waals surface area contributed by atoms with Gasteiger partial charge in [-0.25, -0.2) is 0 Å². The number of hydrogen-bond donors (Lipinski definition) is 2. The Morgan fingerprint density at radius 1 is 0.600 bits per heavy atom. The van der Waals surface area contributed by atoms with Crippen LogP contribution in [0.1, 0.15) is 10.4 Å². The fourth-order valence-corrected chi connectivity index (χ4v) is 2.78. The van der Waals surface area contributed by atoms with Gasteiger partial charge >= 0.3 is 0 Å². The summed E-state index contributed by atoms with van der Waals surface area (Å²) in [7, 11) is 0. The number of nitrogen functional groups attached to an aromatic ring is 1. The van der Waals surface area contributed by atoms with Crippen LogP contribution in [-0.2, 0) is 0 Å². The average Bonchev–Trinajstić information content (AvgIpc) is 2.78. The summed E-state index contributed by atoms with van der Waals surface area (Å²) in [5.41, 5.74) is 7.68. The minimum Gasteiger partial charge on any atom is -0.457 e. The number of anilines is 2. The lowest BCUT2D eigenvalue weighted by Crippen LogP contribution is -2.11. The molecule has 0 aliphatic rings. The molecule has 0 saturated carbocycles. The van der Waals surface area contributed by atoms with Crippen LogP contribution in [0.3, 0.4) is 0 Å². The van der Waals surface area contributed by atoms with Crippen LogP contribution in [-0.4, -0.2) is 5.91 Å². The summed E-state index contributed by atoms with van der Waals surface area (Å²) in [6, 6.07) is 30.8. The number of rotatable bonds is 6. The third kappa shape index (κ3) is 4.97. The van der Waals surface area contributed by atoms with E-state index in [0.717, 1.165) is 0 Å². The molecule has 0 fully saturated rings. The number of nitrogens with one attached hydrogen (secondary N) is 1. The van der Waals surface area contributed by atoms with Crippen LogP contribution in [0.4, 0.5) is 11.4 Å². The first-order valence-electron chi connectivity index (χ1n) is 9.43. The van der Waals surface area contributed by atoms with Gasteiger partial charge in [0.1, 0.15) is 23.0 Å². The molecule has 0 spiro atoms. The average molecular weight is 396 g/mol. The second-order valence-electron chi connectivity index (χ2n) is 6.59. The zero-order chi connectivity index (χ0) is 20.8. The molecule has 5 nitrogen and oxygen atoms in total. The van der Waals surface area contributed by atoms with Gasteiger partial charge in [-0.2, -0.15) is 0 Å². The molecule has 0 aromatic heterocycles. The molecule has 3 N–H and O–H groups in total. The number of amides is 1.